The van der Waals surface area contributed by atoms with E-state index in [2.05, 4.69) is 13.2 Å². The third-order valence-corrected chi connectivity index (χ3v) is 4.31. The van der Waals surface area contributed by atoms with Crippen LogP contribution in [0, 0.1) is 0 Å². The van der Waals surface area contributed by atoms with Gasteiger partial charge >= 0.3 is 11.9 Å². The zero-order valence-corrected chi connectivity index (χ0v) is 16.2. The second-order valence-corrected chi connectivity index (χ2v) is 7.00. The van der Waals surface area contributed by atoms with Crippen molar-refractivity contribution in [1.82, 2.24) is 0 Å². The van der Waals surface area contributed by atoms with Crippen LogP contribution in [0.2, 0.25) is 0 Å². The van der Waals surface area contributed by atoms with E-state index in [1.807, 2.05) is 32.1 Å². The molecule has 0 heterocycles. The average Bonchev–Trinajstić information content (AvgIpc) is 2.63. The van der Waals surface area contributed by atoms with Crippen LogP contribution in [0.1, 0.15) is 46.5 Å². The van der Waals surface area contributed by atoms with E-state index in [0.717, 1.165) is 23.8 Å². The van der Waals surface area contributed by atoms with Gasteiger partial charge in [0.15, 0.2) is 0 Å². The van der Waals surface area contributed by atoms with Crippen molar-refractivity contribution in [2.24, 2.45) is 0 Å². The smallest absolute Gasteiger partial charge is 0.338 e. The monoisotopic (exact) mass is 370 g/mol. The molecule has 2 aliphatic rings. The fourth-order valence-corrected chi connectivity index (χ4v) is 2.74. The number of hydrogen-bond donors (Lipinski definition) is 0. The largest absolute Gasteiger partial charge is 0.488 e. The van der Waals surface area contributed by atoms with Crippen LogP contribution in [0.3, 0.4) is 0 Å². The first-order valence-corrected chi connectivity index (χ1v) is 8.92. The molecule has 0 aromatic heterocycles. The molecule has 0 amide bonds. The Hall–Kier alpha value is -2.82. The second-order valence-electron chi connectivity index (χ2n) is 7.00. The van der Waals surface area contributed by atoms with Crippen LogP contribution in [0.25, 0.3) is 0 Å². The van der Waals surface area contributed by atoms with Crippen molar-refractivity contribution in [3.63, 3.8) is 0 Å². The highest BCUT2D eigenvalue weighted by Crippen LogP contribution is 2.34. The maximum absolute atomic E-state index is 11.6. The second kappa shape index (κ2) is 8.71. The molecule has 0 atom stereocenters. The summed E-state index contributed by atoms with van der Waals surface area (Å²) in [6.07, 6.45) is 11.1. The Labute approximate surface area is 160 Å². The zero-order valence-electron chi connectivity index (χ0n) is 16.2. The summed E-state index contributed by atoms with van der Waals surface area (Å²) in [6, 6.07) is 0. The highest BCUT2D eigenvalue weighted by molar-refractivity contribution is 5.87. The quantitative estimate of drug-likeness (QED) is 0.476. The molecule has 0 bridgehead atoms. The van der Waals surface area contributed by atoms with Gasteiger partial charge in [0, 0.05) is 30.9 Å². The Morgan fingerprint density at radius 1 is 0.963 bits per heavy atom. The van der Waals surface area contributed by atoms with Gasteiger partial charge in [0.05, 0.1) is 5.76 Å². The van der Waals surface area contributed by atoms with Crippen molar-refractivity contribution >= 4 is 11.9 Å². The number of carbonyl (C=O) groups is 2. The third kappa shape index (κ3) is 5.84. The van der Waals surface area contributed by atoms with Crippen LogP contribution in [0.5, 0.6) is 0 Å². The number of allylic oxidation sites excluding steroid dienone is 7. The number of esters is 2. The molecule has 0 fully saturated rings. The number of carbonyl (C=O) groups excluding carboxylic acids is 2. The highest BCUT2D eigenvalue weighted by atomic mass is 16.5. The Morgan fingerprint density at radius 2 is 1.52 bits per heavy atom. The van der Waals surface area contributed by atoms with Crippen LogP contribution in [0.4, 0.5) is 0 Å². The minimum absolute atomic E-state index is 0.379. The van der Waals surface area contributed by atoms with E-state index >= 15 is 0 Å². The van der Waals surface area contributed by atoms with Gasteiger partial charge in [0.1, 0.15) is 17.1 Å². The SMILES string of the molecule is C=CC(=O)OC1=CC=C(OC(C)(C)C2=CC=C(OC(=O)C(=C)C)CC2)CC1. The molecule has 0 aliphatic heterocycles. The molecule has 2 aliphatic carbocycles. The van der Waals surface area contributed by atoms with Crippen LogP contribution < -0.4 is 0 Å². The van der Waals surface area contributed by atoms with Gasteiger partial charge in [-0.1, -0.05) is 19.2 Å². The van der Waals surface area contributed by atoms with Crippen LogP contribution >= 0.6 is 0 Å². The highest BCUT2D eigenvalue weighted by Gasteiger charge is 2.28. The van der Waals surface area contributed by atoms with Gasteiger partial charge in [0.25, 0.3) is 0 Å². The summed E-state index contributed by atoms with van der Waals surface area (Å²) in [7, 11) is 0. The van der Waals surface area contributed by atoms with Gasteiger partial charge in [-0.15, -0.1) is 0 Å². The number of ether oxygens (including phenoxy) is 3. The minimum Gasteiger partial charge on any atom is -0.488 e. The molecule has 0 saturated heterocycles. The molecule has 0 saturated carbocycles. The molecule has 0 unspecified atom stereocenters. The van der Waals surface area contributed by atoms with Gasteiger partial charge < -0.3 is 14.2 Å². The molecule has 5 nitrogen and oxygen atoms in total. The maximum atomic E-state index is 11.6. The molecule has 0 radical (unpaired) electrons. The summed E-state index contributed by atoms with van der Waals surface area (Å²) in [5.74, 6) is 1.22. The third-order valence-electron chi connectivity index (χ3n) is 4.31. The Morgan fingerprint density at radius 3 is 2.04 bits per heavy atom. The Bertz CT molecular complexity index is 775. The summed E-state index contributed by atoms with van der Waals surface area (Å²) in [4.78, 5) is 22.9. The predicted molar refractivity (Wildman–Crippen MR) is 103 cm³/mol. The first kappa shape index (κ1) is 20.5. The van der Waals surface area contributed by atoms with Crippen LogP contribution in [-0.2, 0) is 23.8 Å². The van der Waals surface area contributed by atoms with E-state index in [1.54, 1.807) is 13.0 Å². The Kier molecular flexibility index (Phi) is 6.61. The zero-order chi connectivity index (χ0) is 20.0. The van der Waals surface area contributed by atoms with E-state index < -0.39 is 17.5 Å². The summed E-state index contributed by atoms with van der Waals surface area (Å²) in [6.45, 7) is 12.6. The molecule has 0 aromatic rings. The lowest BCUT2D eigenvalue weighted by Gasteiger charge is -2.33. The number of rotatable bonds is 7. The predicted octanol–water partition coefficient (Wildman–Crippen LogP) is 4.80. The molecule has 5 heteroatoms. The normalized spacial score (nSPS) is 16.9. The van der Waals surface area contributed by atoms with Crippen molar-refractivity contribution < 1.29 is 23.8 Å². The molecule has 2 rings (SSSR count). The first-order valence-electron chi connectivity index (χ1n) is 8.92. The molecule has 0 spiro atoms. The van der Waals surface area contributed by atoms with Gasteiger partial charge in [-0.05, 0) is 51.0 Å². The molecular formula is C22H26O5. The molecule has 0 aromatic carbocycles. The van der Waals surface area contributed by atoms with Gasteiger partial charge in [-0.3, -0.25) is 0 Å². The summed E-state index contributed by atoms with van der Waals surface area (Å²) < 4.78 is 16.6. The molecular weight excluding hydrogens is 344 g/mol. The molecule has 144 valence electrons. The Balaban J connectivity index is 2.00. The van der Waals surface area contributed by atoms with Crippen molar-refractivity contribution in [2.45, 2.75) is 52.1 Å². The van der Waals surface area contributed by atoms with Crippen LogP contribution in [0.15, 0.2) is 72.0 Å². The molecule has 27 heavy (non-hydrogen) atoms. The summed E-state index contributed by atoms with van der Waals surface area (Å²) in [5, 5.41) is 0. The molecule has 0 N–H and O–H groups in total. The topological polar surface area (TPSA) is 61.8 Å². The average molecular weight is 370 g/mol. The number of hydrogen-bond acceptors (Lipinski definition) is 5. The van der Waals surface area contributed by atoms with Gasteiger partial charge in [-0.25, -0.2) is 9.59 Å². The van der Waals surface area contributed by atoms with E-state index in [4.69, 9.17) is 14.2 Å². The van der Waals surface area contributed by atoms with Crippen molar-refractivity contribution in [2.75, 3.05) is 0 Å². The van der Waals surface area contributed by atoms with E-state index in [9.17, 15) is 9.59 Å². The summed E-state index contributed by atoms with van der Waals surface area (Å²) >= 11 is 0. The van der Waals surface area contributed by atoms with E-state index in [1.165, 1.54) is 0 Å². The first-order chi connectivity index (χ1) is 12.7. The van der Waals surface area contributed by atoms with E-state index in [0.29, 0.717) is 36.4 Å². The maximum Gasteiger partial charge on any atom is 0.338 e. The lowest BCUT2D eigenvalue weighted by Crippen LogP contribution is -2.28. The van der Waals surface area contributed by atoms with Gasteiger partial charge in [-0.2, -0.15) is 0 Å². The van der Waals surface area contributed by atoms with Crippen molar-refractivity contribution in [3.8, 4) is 0 Å². The fourth-order valence-electron chi connectivity index (χ4n) is 2.74. The van der Waals surface area contributed by atoms with Crippen molar-refractivity contribution in [1.29, 1.82) is 0 Å². The van der Waals surface area contributed by atoms with Crippen molar-refractivity contribution in [3.05, 3.63) is 72.0 Å². The lowest BCUT2D eigenvalue weighted by molar-refractivity contribution is -0.135. The van der Waals surface area contributed by atoms with Crippen LogP contribution in [-0.4, -0.2) is 17.5 Å². The fraction of sp³-hybridized carbons (Fsp3) is 0.364. The van der Waals surface area contributed by atoms with Gasteiger partial charge in [0.2, 0.25) is 0 Å². The summed E-state index contributed by atoms with van der Waals surface area (Å²) in [5.41, 5.74) is 1.01. The van der Waals surface area contributed by atoms with E-state index in [-0.39, 0.29) is 0 Å². The lowest BCUT2D eigenvalue weighted by atomic mass is 9.90. The standard InChI is InChI=1S/C22H26O5/c1-6-20(23)25-17-11-13-19(14-12-17)27-22(4,5)16-7-9-18(10-8-16)26-21(24)15(2)3/h6-7,9,11,13H,1-2,8,10,12,14H2,3-5H3. The minimum atomic E-state index is -0.491.